The molecule has 1 heterocycles. The van der Waals surface area contributed by atoms with Crippen LogP contribution in [-0.4, -0.2) is 12.3 Å². The Hall–Kier alpha value is -1.96. The SMILES string of the molecule is Cc1cccc2c1C(c1ccc(F)cc1)=NCC2. The first kappa shape index (κ1) is 11.1. The third kappa shape index (κ3) is 1.84. The molecule has 0 fully saturated rings. The fourth-order valence-electron chi connectivity index (χ4n) is 2.49. The number of hydrogen-bond donors (Lipinski definition) is 0. The molecular formula is C16H14FN. The van der Waals surface area contributed by atoms with Crippen LogP contribution in [0.1, 0.15) is 22.3 Å². The van der Waals surface area contributed by atoms with Crippen molar-refractivity contribution in [2.45, 2.75) is 13.3 Å². The summed E-state index contributed by atoms with van der Waals surface area (Å²) in [4.78, 5) is 4.63. The normalized spacial score (nSPS) is 14.0. The molecule has 0 aliphatic carbocycles. The molecule has 0 atom stereocenters. The number of benzene rings is 2. The summed E-state index contributed by atoms with van der Waals surface area (Å²) < 4.78 is 13.0. The molecule has 0 saturated heterocycles. The zero-order valence-corrected chi connectivity index (χ0v) is 10.3. The molecule has 0 spiro atoms. The van der Waals surface area contributed by atoms with Gasteiger partial charge in [-0.3, -0.25) is 4.99 Å². The summed E-state index contributed by atoms with van der Waals surface area (Å²) in [6.07, 6.45) is 0.988. The van der Waals surface area contributed by atoms with Gasteiger partial charge in [0.15, 0.2) is 0 Å². The van der Waals surface area contributed by atoms with E-state index in [0.29, 0.717) is 0 Å². The highest BCUT2D eigenvalue weighted by Gasteiger charge is 2.17. The Kier molecular flexibility index (Phi) is 2.71. The van der Waals surface area contributed by atoms with Gasteiger partial charge >= 0.3 is 0 Å². The summed E-state index contributed by atoms with van der Waals surface area (Å²) in [7, 11) is 0. The first-order valence-corrected chi connectivity index (χ1v) is 6.15. The molecule has 0 aromatic heterocycles. The number of fused-ring (bicyclic) bond motifs is 1. The number of aliphatic imine (C=N–C) groups is 1. The van der Waals surface area contributed by atoms with E-state index in [-0.39, 0.29) is 5.82 Å². The molecular weight excluding hydrogens is 225 g/mol. The van der Waals surface area contributed by atoms with Crippen LogP contribution in [0, 0.1) is 12.7 Å². The van der Waals surface area contributed by atoms with Crippen LogP contribution >= 0.6 is 0 Å². The second-order valence-corrected chi connectivity index (χ2v) is 4.60. The van der Waals surface area contributed by atoms with Crippen molar-refractivity contribution in [2.24, 2.45) is 4.99 Å². The average Bonchev–Trinajstić information content (AvgIpc) is 2.39. The molecule has 1 aliphatic rings. The van der Waals surface area contributed by atoms with Crippen molar-refractivity contribution in [1.82, 2.24) is 0 Å². The van der Waals surface area contributed by atoms with Crippen molar-refractivity contribution in [2.75, 3.05) is 6.54 Å². The molecule has 0 radical (unpaired) electrons. The first-order valence-electron chi connectivity index (χ1n) is 6.15. The summed E-state index contributed by atoms with van der Waals surface area (Å²) in [5, 5.41) is 0. The molecule has 0 N–H and O–H groups in total. The Morgan fingerprint density at radius 1 is 1.06 bits per heavy atom. The van der Waals surface area contributed by atoms with Gasteiger partial charge in [0, 0.05) is 17.7 Å². The van der Waals surface area contributed by atoms with E-state index >= 15 is 0 Å². The molecule has 0 unspecified atom stereocenters. The maximum atomic E-state index is 13.0. The summed E-state index contributed by atoms with van der Waals surface area (Å²) >= 11 is 0. The minimum Gasteiger partial charge on any atom is -0.284 e. The van der Waals surface area contributed by atoms with Crippen LogP contribution in [0.4, 0.5) is 4.39 Å². The molecule has 0 saturated carbocycles. The highest BCUT2D eigenvalue weighted by molar-refractivity contribution is 6.15. The number of halogens is 1. The lowest BCUT2D eigenvalue weighted by molar-refractivity contribution is 0.628. The molecule has 2 heteroatoms. The minimum atomic E-state index is -0.208. The standard InChI is InChI=1S/C16H14FN/c1-11-3-2-4-12-9-10-18-16(15(11)12)13-5-7-14(17)8-6-13/h2-8H,9-10H2,1H3. The number of hydrogen-bond acceptors (Lipinski definition) is 1. The highest BCUT2D eigenvalue weighted by atomic mass is 19.1. The lowest BCUT2D eigenvalue weighted by Gasteiger charge is -2.19. The summed E-state index contributed by atoms with van der Waals surface area (Å²) in [5.74, 6) is -0.208. The predicted molar refractivity (Wildman–Crippen MR) is 71.8 cm³/mol. The van der Waals surface area contributed by atoms with E-state index in [4.69, 9.17) is 0 Å². The molecule has 3 rings (SSSR count). The molecule has 2 aromatic carbocycles. The van der Waals surface area contributed by atoms with E-state index < -0.39 is 0 Å². The maximum absolute atomic E-state index is 13.0. The van der Waals surface area contributed by atoms with Crippen molar-refractivity contribution in [3.8, 4) is 0 Å². The number of rotatable bonds is 1. The summed E-state index contributed by atoms with van der Waals surface area (Å²) in [6, 6.07) is 12.9. The van der Waals surface area contributed by atoms with E-state index in [1.807, 2.05) is 0 Å². The second-order valence-electron chi connectivity index (χ2n) is 4.60. The smallest absolute Gasteiger partial charge is 0.123 e. The van der Waals surface area contributed by atoms with E-state index in [1.54, 1.807) is 12.1 Å². The van der Waals surface area contributed by atoms with Gasteiger partial charge in [0.05, 0.1) is 5.71 Å². The summed E-state index contributed by atoms with van der Waals surface area (Å²) in [5.41, 5.74) is 5.77. The zero-order chi connectivity index (χ0) is 12.5. The summed E-state index contributed by atoms with van der Waals surface area (Å²) in [6.45, 7) is 2.91. The van der Waals surface area contributed by atoms with Crippen LogP contribution in [0.15, 0.2) is 47.5 Å². The van der Waals surface area contributed by atoms with Gasteiger partial charge in [-0.15, -0.1) is 0 Å². The molecule has 0 amide bonds. The van der Waals surface area contributed by atoms with Gasteiger partial charge < -0.3 is 0 Å². The van der Waals surface area contributed by atoms with Gasteiger partial charge in [0.2, 0.25) is 0 Å². The highest BCUT2D eigenvalue weighted by Crippen LogP contribution is 2.23. The quantitative estimate of drug-likeness (QED) is 0.722. The van der Waals surface area contributed by atoms with Crippen molar-refractivity contribution in [3.05, 3.63) is 70.5 Å². The Morgan fingerprint density at radius 3 is 2.61 bits per heavy atom. The minimum absolute atomic E-state index is 0.208. The van der Waals surface area contributed by atoms with Gasteiger partial charge in [-0.05, 0) is 48.7 Å². The average molecular weight is 239 g/mol. The second kappa shape index (κ2) is 4.37. The lowest BCUT2D eigenvalue weighted by atomic mass is 9.90. The van der Waals surface area contributed by atoms with Gasteiger partial charge in [-0.2, -0.15) is 0 Å². The Labute approximate surface area is 106 Å². The Morgan fingerprint density at radius 2 is 1.83 bits per heavy atom. The predicted octanol–water partition coefficient (Wildman–Crippen LogP) is 3.53. The molecule has 90 valence electrons. The van der Waals surface area contributed by atoms with E-state index in [2.05, 4.69) is 30.1 Å². The zero-order valence-electron chi connectivity index (χ0n) is 10.3. The van der Waals surface area contributed by atoms with Gasteiger partial charge in [0.1, 0.15) is 5.82 Å². The Bertz CT molecular complexity index is 611. The number of nitrogens with zero attached hydrogens (tertiary/aromatic N) is 1. The fourth-order valence-corrected chi connectivity index (χ4v) is 2.49. The van der Waals surface area contributed by atoms with Crippen LogP contribution in [0.25, 0.3) is 0 Å². The fraction of sp³-hybridized carbons (Fsp3) is 0.188. The van der Waals surface area contributed by atoms with E-state index in [9.17, 15) is 4.39 Å². The topological polar surface area (TPSA) is 12.4 Å². The van der Waals surface area contributed by atoms with Crippen molar-refractivity contribution in [1.29, 1.82) is 0 Å². The van der Waals surface area contributed by atoms with E-state index in [0.717, 1.165) is 24.2 Å². The first-order chi connectivity index (χ1) is 8.75. The molecule has 1 aliphatic heterocycles. The maximum Gasteiger partial charge on any atom is 0.123 e. The van der Waals surface area contributed by atoms with Gasteiger partial charge in [0.25, 0.3) is 0 Å². The van der Waals surface area contributed by atoms with Crippen LogP contribution in [0.5, 0.6) is 0 Å². The number of aryl methyl sites for hydroxylation is 1. The molecule has 18 heavy (non-hydrogen) atoms. The molecule has 0 bridgehead atoms. The van der Waals surface area contributed by atoms with Crippen molar-refractivity contribution >= 4 is 5.71 Å². The van der Waals surface area contributed by atoms with Crippen molar-refractivity contribution in [3.63, 3.8) is 0 Å². The van der Waals surface area contributed by atoms with Gasteiger partial charge in [-0.25, -0.2) is 4.39 Å². The molecule has 2 aromatic rings. The van der Waals surface area contributed by atoms with E-state index in [1.165, 1.54) is 28.8 Å². The van der Waals surface area contributed by atoms with Crippen molar-refractivity contribution < 1.29 is 4.39 Å². The van der Waals surface area contributed by atoms with Gasteiger partial charge in [-0.1, -0.05) is 18.2 Å². The Balaban J connectivity index is 2.15. The largest absolute Gasteiger partial charge is 0.284 e. The molecule has 1 nitrogen and oxygen atoms in total. The van der Waals surface area contributed by atoms with Crippen LogP contribution in [0.3, 0.4) is 0 Å². The monoisotopic (exact) mass is 239 g/mol. The van der Waals surface area contributed by atoms with Crippen LogP contribution in [0.2, 0.25) is 0 Å². The third-order valence-electron chi connectivity index (χ3n) is 3.36. The van der Waals surface area contributed by atoms with Crippen LogP contribution in [-0.2, 0) is 6.42 Å². The lowest BCUT2D eigenvalue weighted by Crippen LogP contribution is -2.15. The van der Waals surface area contributed by atoms with Crippen LogP contribution < -0.4 is 0 Å². The third-order valence-corrected chi connectivity index (χ3v) is 3.36.